The van der Waals surface area contributed by atoms with Crippen molar-refractivity contribution in [1.82, 2.24) is 10.9 Å². The molecule has 0 bridgehead atoms. The molecule has 0 saturated heterocycles. The van der Waals surface area contributed by atoms with Crippen molar-refractivity contribution >= 4 is 11.8 Å². The van der Waals surface area contributed by atoms with Crippen molar-refractivity contribution in [2.24, 2.45) is 10.1 Å². The highest BCUT2D eigenvalue weighted by atomic mass is 16.5. The summed E-state index contributed by atoms with van der Waals surface area (Å²) >= 11 is 0. The minimum Gasteiger partial charge on any atom is -0.494 e. The van der Waals surface area contributed by atoms with Crippen molar-refractivity contribution in [3.63, 3.8) is 0 Å². The molecule has 10 nitrogen and oxygen atoms in total. The molecule has 1 amide bonds. The summed E-state index contributed by atoms with van der Waals surface area (Å²) in [5.74, 6) is 0.649. The summed E-state index contributed by atoms with van der Waals surface area (Å²) in [5, 5.41) is 12.9. The number of amides is 1. The van der Waals surface area contributed by atoms with E-state index in [1.165, 1.54) is 0 Å². The fraction of sp³-hybridized carbons (Fsp3) is 0.278. The van der Waals surface area contributed by atoms with Crippen molar-refractivity contribution in [3.05, 3.63) is 136 Å². The molecule has 4 aromatic rings. The van der Waals surface area contributed by atoms with E-state index in [1.54, 1.807) is 0 Å². The molecule has 10 heteroatoms. The number of aliphatic imine (C=N–C) groups is 1. The highest BCUT2D eigenvalue weighted by Gasteiger charge is 2.53. The Labute approximate surface area is 268 Å². The number of nitrogens with zero attached hydrogens (tertiary/aromatic N) is 4. The zero-order chi connectivity index (χ0) is 32.2. The molecule has 1 aliphatic rings. The first-order chi connectivity index (χ1) is 22.6. The van der Waals surface area contributed by atoms with Crippen molar-refractivity contribution in [3.8, 4) is 16.9 Å². The number of benzene rings is 4. The minimum atomic E-state index is -1.41. The molecule has 46 heavy (non-hydrogen) atoms. The molecule has 0 radical (unpaired) electrons. The van der Waals surface area contributed by atoms with Crippen LogP contribution in [0.5, 0.6) is 5.75 Å². The third kappa shape index (κ3) is 7.55. The van der Waals surface area contributed by atoms with Crippen molar-refractivity contribution in [2.45, 2.75) is 44.4 Å². The predicted octanol–water partition coefficient (Wildman–Crippen LogP) is 6.46. The van der Waals surface area contributed by atoms with Crippen LogP contribution in [0.1, 0.15) is 48.1 Å². The van der Waals surface area contributed by atoms with Gasteiger partial charge in [0, 0.05) is 36.5 Å². The summed E-state index contributed by atoms with van der Waals surface area (Å²) in [6.07, 6.45) is 0.780. The van der Waals surface area contributed by atoms with E-state index in [9.17, 15) is 4.79 Å². The molecule has 1 heterocycles. The van der Waals surface area contributed by atoms with Gasteiger partial charge in [-0.15, -0.1) is 0 Å². The number of azide groups is 1. The molecule has 0 spiro atoms. The first kappa shape index (κ1) is 32.2. The van der Waals surface area contributed by atoms with E-state index in [0.29, 0.717) is 36.8 Å². The van der Waals surface area contributed by atoms with Gasteiger partial charge in [0.2, 0.25) is 5.90 Å². The molecule has 0 unspecified atom stereocenters. The van der Waals surface area contributed by atoms with Gasteiger partial charge in [-0.1, -0.05) is 90.9 Å². The first-order valence-corrected chi connectivity index (χ1v) is 15.4. The van der Waals surface area contributed by atoms with Crippen LogP contribution in [-0.2, 0) is 22.5 Å². The molecular formula is C36H38N6O4. The number of ether oxygens (including phenoxy) is 2. The zero-order valence-corrected chi connectivity index (χ0v) is 25.8. The number of aliphatic hydroxyl groups is 1. The van der Waals surface area contributed by atoms with Crippen LogP contribution in [0, 0.1) is 0 Å². The monoisotopic (exact) mass is 618 g/mol. The van der Waals surface area contributed by atoms with Gasteiger partial charge in [-0.25, -0.2) is 10.4 Å². The summed E-state index contributed by atoms with van der Waals surface area (Å²) < 4.78 is 12.4. The van der Waals surface area contributed by atoms with Crippen molar-refractivity contribution in [2.75, 3.05) is 19.8 Å². The van der Waals surface area contributed by atoms with Gasteiger partial charge in [0.05, 0.1) is 13.2 Å². The van der Waals surface area contributed by atoms with Crippen LogP contribution < -0.4 is 15.6 Å². The van der Waals surface area contributed by atoms with E-state index in [1.807, 2.05) is 97.9 Å². The van der Waals surface area contributed by atoms with Crippen molar-refractivity contribution in [1.29, 1.82) is 0 Å². The summed E-state index contributed by atoms with van der Waals surface area (Å²) in [7, 11) is 0. The fourth-order valence-electron chi connectivity index (χ4n) is 5.42. The fourth-order valence-corrected chi connectivity index (χ4v) is 5.42. The van der Waals surface area contributed by atoms with Crippen LogP contribution in [0.25, 0.3) is 21.6 Å². The predicted molar refractivity (Wildman–Crippen MR) is 178 cm³/mol. The van der Waals surface area contributed by atoms with E-state index in [4.69, 9.17) is 25.1 Å². The molecule has 1 aliphatic heterocycles. The number of rotatable bonds is 15. The minimum absolute atomic E-state index is 0.0553. The maximum atomic E-state index is 14.3. The quantitative estimate of drug-likeness (QED) is 0.0461. The summed E-state index contributed by atoms with van der Waals surface area (Å²) in [6, 6.07) is 33.0. The zero-order valence-electron chi connectivity index (χ0n) is 25.8. The number of hydrogen-bond donors (Lipinski definition) is 3. The largest absolute Gasteiger partial charge is 0.494 e. The molecule has 0 fully saturated rings. The number of hydrogen-bond acceptors (Lipinski definition) is 7. The Kier molecular flexibility index (Phi) is 11.0. The lowest BCUT2D eigenvalue weighted by atomic mass is 9.80. The highest BCUT2D eigenvalue weighted by Crippen LogP contribution is 2.43. The van der Waals surface area contributed by atoms with Crippen LogP contribution in [0.2, 0.25) is 0 Å². The number of carbonyl (C=O) groups is 1. The van der Waals surface area contributed by atoms with Gasteiger partial charge in [0.15, 0.2) is 11.6 Å². The standard InChI is InChI=1S/C36H38N6O4/c1-2-21-38-41-35(44)36(24-30-11-6-7-12-31(30)25-39-42-37)33(28-15-13-27(14-16-28)26-9-4-3-5-10-26)46-34(40-36)29-17-19-32(20-18-29)45-23-8-22-43/h3-7,9-20,33,38,43H,2,8,21-25H2,1H3,(H,41,44)/t33-,36-/m0/s1. The average molecular weight is 619 g/mol. The Morgan fingerprint density at radius 3 is 2.33 bits per heavy atom. The van der Waals surface area contributed by atoms with Gasteiger partial charge in [-0.3, -0.25) is 10.2 Å². The Hall–Kier alpha value is -5.15. The smallest absolute Gasteiger partial charge is 0.266 e. The highest BCUT2D eigenvalue weighted by molar-refractivity contribution is 6.01. The number of hydrazine groups is 1. The van der Waals surface area contributed by atoms with Gasteiger partial charge in [0.1, 0.15) is 5.75 Å². The van der Waals surface area contributed by atoms with E-state index in [-0.39, 0.29) is 25.5 Å². The van der Waals surface area contributed by atoms with Gasteiger partial charge < -0.3 is 14.6 Å². The van der Waals surface area contributed by atoms with Crippen molar-refractivity contribution < 1.29 is 19.4 Å². The number of carbonyl (C=O) groups excluding carboxylic acids is 1. The lowest BCUT2D eigenvalue weighted by Crippen LogP contribution is -2.54. The molecule has 236 valence electrons. The molecule has 4 aromatic carbocycles. The average Bonchev–Trinajstić information content (AvgIpc) is 3.49. The number of aliphatic hydroxyl groups excluding tert-OH is 1. The maximum Gasteiger partial charge on any atom is 0.266 e. The van der Waals surface area contributed by atoms with Crippen LogP contribution in [0.15, 0.2) is 113 Å². The van der Waals surface area contributed by atoms with E-state index >= 15 is 0 Å². The summed E-state index contributed by atoms with van der Waals surface area (Å²) in [5.41, 5.74) is 18.8. The molecule has 0 saturated carbocycles. The third-order valence-corrected chi connectivity index (χ3v) is 7.81. The van der Waals surface area contributed by atoms with E-state index in [2.05, 4.69) is 33.0 Å². The van der Waals surface area contributed by atoms with Gasteiger partial charge in [0.25, 0.3) is 5.91 Å². The lowest BCUT2D eigenvalue weighted by Gasteiger charge is -2.31. The van der Waals surface area contributed by atoms with E-state index < -0.39 is 11.6 Å². The van der Waals surface area contributed by atoms with Crippen LogP contribution in [-0.4, -0.2) is 42.2 Å². The molecule has 3 N–H and O–H groups in total. The molecule has 2 atom stereocenters. The van der Waals surface area contributed by atoms with Crippen LogP contribution in [0.3, 0.4) is 0 Å². The second-order valence-corrected chi connectivity index (χ2v) is 11.0. The van der Waals surface area contributed by atoms with Crippen LogP contribution >= 0.6 is 0 Å². The SMILES string of the molecule is CCCNNC(=O)[C@@]1(Cc2ccccc2CN=[N+]=[N-])N=C(c2ccc(OCCCO)cc2)O[C@H]1c1ccc(-c2ccccc2)cc1. The summed E-state index contributed by atoms with van der Waals surface area (Å²) in [6.45, 7) is 3.20. The van der Waals surface area contributed by atoms with Gasteiger partial charge in [-0.05, 0) is 64.0 Å². The maximum absolute atomic E-state index is 14.3. The molecule has 0 aliphatic carbocycles. The molecular weight excluding hydrogens is 580 g/mol. The van der Waals surface area contributed by atoms with Crippen LogP contribution in [0.4, 0.5) is 0 Å². The molecule has 0 aromatic heterocycles. The second kappa shape index (κ2) is 15.7. The number of nitrogens with one attached hydrogen (secondary N) is 2. The Balaban J connectivity index is 1.59. The Bertz CT molecular complexity index is 1670. The summed E-state index contributed by atoms with van der Waals surface area (Å²) in [4.78, 5) is 22.4. The Morgan fingerprint density at radius 1 is 0.957 bits per heavy atom. The second-order valence-electron chi connectivity index (χ2n) is 11.0. The normalized spacial score (nSPS) is 17.0. The Morgan fingerprint density at radius 2 is 1.63 bits per heavy atom. The lowest BCUT2D eigenvalue weighted by molar-refractivity contribution is -0.130. The van der Waals surface area contributed by atoms with Gasteiger partial charge >= 0.3 is 0 Å². The third-order valence-electron chi connectivity index (χ3n) is 7.81. The topological polar surface area (TPSA) is 141 Å². The van der Waals surface area contributed by atoms with Gasteiger partial charge in [-0.2, -0.15) is 0 Å². The first-order valence-electron chi connectivity index (χ1n) is 15.4. The van der Waals surface area contributed by atoms with E-state index in [0.717, 1.165) is 34.2 Å². The molecule has 5 rings (SSSR count).